The van der Waals surface area contributed by atoms with Gasteiger partial charge in [0.05, 0.1) is 13.2 Å². The third-order valence-electron chi connectivity index (χ3n) is 3.79. The Balaban J connectivity index is 1.99. The maximum atomic E-state index is 12.5. The Kier molecular flexibility index (Phi) is 7.47. The van der Waals surface area contributed by atoms with E-state index in [0.29, 0.717) is 19.7 Å². The predicted molar refractivity (Wildman–Crippen MR) is 99.6 cm³/mol. The minimum atomic E-state index is -0.425. The summed E-state index contributed by atoms with van der Waals surface area (Å²) in [6, 6.07) is 11.8. The van der Waals surface area contributed by atoms with Crippen molar-refractivity contribution >= 4 is 23.3 Å². The Morgan fingerprint density at radius 3 is 2.60 bits per heavy atom. The fraction of sp³-hybridized carbons (Fsp3) is 0.368. The summed E-state index contributed by atoms with van der Waals surface area (Å²) in [5, 5.41) is 4.68. The van der Waals surface area contributed by atoms with E-state index in [0.717, 1.165) is 11.3 Å². The number of rotatable bonds is 8. The molecular weight excluding hydrogens is 336 g/mol. The summed E-state index contributed by atoms with van der Waals surface area (Å²) in [4.78, 5) is 26.9. The molecule has 134 valence electrons. The van der Waals surface area contributed by atoms with Gasteiger partial charge in [-0.25, -0.2) is 4.79 Å². The van der Waals surface area contributed by atoms with Gasteiger partial charge >= 0.3 is 12.0 Å². The molecule has 2 rings (SSSR count). The van der Waals surface area contributed by atoms with Crippen molar-refractivity contribution in [3.05, 3.63) is 57.8 Å². The van der Waals surface area contributed by atoms with Crippen LogP contribution >= 0.6 is 11.3 Å². The highest BCUT2D eigenvalue weighted by Crippen LogP contribution is 2.18. The van der Waals surface area contributed by atoms with Gasteiger partial charge in [-0.2, -0.15) is 0 Å². The van der Waals surface area contributed by atoms with Crippen LogP contribution in [0.1, 0.15) is 22.9 Å². The summed E-state index contributed by atoms with van der Waals surface area (Å²) in [5.74, 6) is -0.425. The molecule has 0 aliphatic carbocycles. The highest BCUT2D eigenvalue weighted by atomic mass is 32.1. The summed E-state index contributed by atoms with van der Waals surface area (Å²) >= 11 is 1.64. The van der Waals surface area contributed by atoms with Crippen LogP contribution in [-0.2, 0) is 22.5 Å². The Labute approximate surface area is 152 Å². The van der Waals surface area contributed by atoms with E-state index >= 15 is 0 Å². The average Bonchev–Trinajstić information content (AvgIpc) is 3.02. The van der Waals surface area contributed by atoms with E-state index in [1.807, 2.05) is 48.7 Å². The van der Waals surface area contributed by atoms with Gasteiger partial charge in [-0.15, -0.1) is 11.3 Å². The molecule has 1 aromatic carbocycles. The van der Waals surface area contributed by atoms with E-state index in [-0.39, 0.29) is 12.6 Å². The third-order valence-corrected chi connectivity index (χ3v) is 4.80. The molecule has 5 nitrogen and oxygen atoms in total. The van der Waals surface area contributed by atoms with Crippen LogP contribution in [0.25, 0.3) is 0 Å². The molecule has 25 heavy (non-hydrogen) atoms. The van der Waals surface area contributed by atoms with Gasteiger partial charge < -0.3 is 15.0 Å². The van der Waals surface area contributed by atoms with E-state index in [9.17, 15) is 9.59 Å². The number of nitrogens with zero attached hydrogens (tertiary/aromatic N) is 1. The van der Waals surface area contributed by atoms with Crippen molar-refractivity contribution in [3.63, 3.8) is 0 Å². The lowest BCUT2D eigenvalue weighted by atomic mass is 10.1. The van der Waals surface area contributed by atoms with Gasteiger partial charge in [-0.1, -0.05) is 30.3 Å². The molecule has 1 heterocycles. The maximum Gasteiger partial charge on any atom is 0.325 e. The summed E-state index contributed by atoms with van der Waals surface area (Å²) < 4.78 is 4.86. The van der Waals surface area contributed by atoms with E-state index in [1.54, 1.807) is 23.2 Å². The summed E-state index contributed by atoms with van der Waals surface area (Å²) in [6.45, 7) is 5.09. The van der Waals surface area contributed by atoms with Crippen molar-refractivity contribution in [1.82, 2.24) is 10.2 Å². The standard InChI is InChI=1S/C19H24N2O3S/c1-3-24-18(22)13-20-19(23)21(14-17-15(2)10-12-25-17)11-9-16-7-5-4-6-8-16/h4-8,10,12H,3,9,11,13-14H2,1-2H3,(H,20,23). The van der Waals surface area contributed by atoms with Crippen molar-refractivity contribution in [2.45, 2.75) is 26.8 Å². The molecule has 0 atom stereocenters. The van der Waals surface area contributed by atoms with Crippen LogP contribution in [0, 0.1) is 6.92 Å². The van der Waals surface area contributed by atoms with Crippen molar-refractivity contribution in [1.29, 1.82) is 0 Å². The van der Waals surface area contributed by atoms with Crippen LogP contribution in [-0.4, -0.2) is 36.6 Å². The number of hydrogen-bond acceptors (Lipinski definition) is 4. The molecular formula is C19H24N2O3S. The van der Waals surface area contributed by atoms with Gasteiger partial charge in [0, 0.05) is 11.4 Å². The van der Waals surface area contributed by atoms with Gasteiger partial charge in [0.15, 0.2) is 0 Å². The number of amides is 2. The first-order valence-corrected chi connectivity index (χ1v) is 9.23. The Bertz CT molecular complexity index is 685. The topological polar surface area (TPSA) is 58.6 Å². The van der Waals surface area contributed by atoms with Gasteiger partial charge in [0.25, 0.3) is 0 Å². The zero-order valence-electron chi connectivity index (χ0n) is 14.7. The fourth-order valence-corrected chi connectivity index (χ4v) is 3.29. The molecule has 0 aliphatic heterocycles. The lowest BCUT2D eigenvalue weighted by molar-refractivity contribution is -0.141. The zero-order chi connectivity index (χ0) is 18.1. The minimum absolute atomic E-state index is 0.113. The number of nitrogens with one attached hydrogen (secondary N) is 1. The number of hydrogen-bond donors (Lipinski definition) is 1. The third kappa shape index (κ3) is 6.23. The van der Waals surface area contributed by atoms with Crippen LogP contribution in [0.15, 0.2) is 41.8 Å². The molecule has 2 amide bonds. The summed E-state index contributed by atoms with van der Waals surface area (Å²) in [7, 11) is 0. The Morgan fingerprint density at radius 2 is 1.96 bits per heavy atom. The zero-order valence-corrected chi connectivity index (χ0v) is 15.5. The smallest absolute Gasteiger partial charge is 0.325 e. The Morgan fingerprint density at radius 1 is 1.20 bits per heavy atom. The van der Waals surface area contributed by atoms with Gasteiger partial charge in [0.2, 0.25) is 0 Å². The fourth-order valence-electron chi connectivity index (χ4n) is 2.37. The molecule has 0 spiro atoms. The summed E-state index contributed by atoms with van der Waals surface area (Å²) in [5.41, 5.74) is 2.35. The second kappa shape index (κ2) is 9.84. The van der Waals surface area contributed by atoms with E-state index < -0.39 is 5.97 Å². The molecule has 0 unspecified atom stereocenters. The van der Waals surface area contributed by atoms with Crippen molar-refractivity contribution in [2.75, 3.05) is 19.7 Å². The van der Waals surface area contributed by atoms with Crippen molar-refractivity contribution < 1.29 is 14.3 Å². The van der Waals surface area contributed by atoms with E-state index in [2.05, 4.69) is 5.32 Å². The minimum Gasteiger partial charge on any atom is -0.465 e. The monoisotopic (exact) mass is 360 g/mol. The van der Waals surface area contributed by atoms with Crippen LogP contribution in [0.3, 0.4) is 0 Å². The van der Waals surface area contributed by atoms with Gasteiger partial charge in [0.1, 0.15) is 6.54 Å². The first-order chi connectivity index (χ1) is 12.1. The first kappa shape index (κ1) is 19.0. The van der Waals surface area contributed by atoms with Crippen molar-refractivity contribution in [2.24, 2.45) is 0 Å². The van der Waals surface area contributed by atoms with Crippen LogP contribution in [0.4, 0.5) is 4.79 Å². The molecule has 0 radical (unpaired) electrons. The highest BCUT2D eigenvalue weighted by Gasteiger charge is 2.16. The first-order valence-electron chi connectivity index (χ1n) is 8.35. The predicted octanol–water partition coefficient (Wildman–Crippen LogP) is 3.37. The van der Waals surface area contributed by atoms with E-state index in [1.165, 1.54) is 11.1 Å². The molecule has 1 aromatic heterocycles. The molecule has 0 fully saturated rings. The number of thiophene rings is 1. The number of benzene rings is 1. The molecule has 1 N–H and O–H groups in total. The normalized spacial score (nSPS) is 10.3. The molecule has 0 bridgehead atoms. The number of esters is 1. The maximum absolute atomic E-state index is 12.5. The number of carbonyl (C=O) groups is 2. The quantitative estimate of drug-likeness (QED) is 0.734. The lowest BCUT2D eigenvalue weighted by Gasteiger charge is -2.23. The number of urea groups is 1. The number of ether oxygens (including phenoxy) is 1. The molecule has 6 heteroatoms. The van der Waals surface area contributed by atoms with Crippen LogP contribution in [0.2, 0.25) is 0 Å². The van der Waals surface area contributed by atoms with Crippen LogP contribution < -0.4 is 5.32 Å². The van der Waals surface area contributed by atoms with Crippen LogP contribution in [0.5, 0.6) is 0 Å². The summed E-state index contributed by atoms with van der Waals surface area (Å²) in [6.07, 6.45) is 0.762. The Hall–Kier alpha value is -2.34. The van der Waals surface area contributed by atoms with Crippen molar-refractivity contribution in [3.8, 4) is 0 Å². The number of aryl methyl sites for hydroxylation is 1. The van der Waals surface area contributed by atoms with Gasteiger partial charge in [-0.05, 0) is 42.8 Å². The SMILES string of the molecule is CCOC(=O)CNC(=O)N(CCc1ccccc1)Cc1sccc1C. The van der Waals surface area contributed by atoms with Gasteiger partial charge in [-0.3, -0.25) is 4.79 Å². The largest absolute Gasteiger partial charge is 0.465 e. The second-order valence-corrected chi connectivity index (χ2v) is 6.65. The highest BCUT2D eigenvalue weighted by molar-refractivity contribution is 7.10. The average molecular weight is 360 g/mol. The number of carbonyl (C=O) groups excluding carboxylic acids is 2. The molecule has 0 saturated heterocycles. The second-order valence-electron chi connectivity index (χ2n) is 5.65. The lowest BCUT2D eigenvalue weighted by Crippen LogP contribution is -2.42. The van der Waals surface area contributed by atoms with E-state index in [4.69, 9.17) is 4.74 Å². The molecule has 2 aromatic rings. The molecule has 0 saturated carbocycles. The molecule has 0 aliphatic rings.